The molecule has 2 aliphatic rings. The van der Waals surface area contributed by atoms with Crippen LogP contribution in [0.5, 0.6) is 0 Å². The summed E-state index contributed by atoms with van der Waals surface area (Å²) in [6, 6.07) is 0. The lowest BCUT2D eigenvalue weighted by Crippen LogP contribution is -2.45. The molecule has 2 fully saturated rings. The molecule has 1 aliphatic heterocycles. The fourth-order valence-corrected chi connectivity index (χ4v) is 4.09. The van der Waals surface area contributed by atoms with E-state index in [-0.39, 0.29) is 12.8 Å². The molecule has 1 heterocycles. The summed E-state index contributed by atoms with van der Waals surface area (Å²) < 4.78 is 71.2. The maximum absolute atomic E-state index is 13.4. The third-order valence-corrected chi connectivity index (χ3v) is 6.31. The summed E-state index contributed by atoms with van der Waals surface area (Å²) >= 11 is 0. The first-order valence-electron chi connectivity index (χ1n) is 9.20. The number of esters is 3. The molecule has 172 valence electrons. The third kappa shape index (κ3) is 5.24. The lowest BCUT2D eigenvalue weighted by molar-refractivity contribution is -0.167. The molecule has 0 aromatic rings. The van der Waals surface area contributed by atoms with Crippen LogP contribution < -0.4 is 0 Å². The van der Waals surface area contributed by atoms with E-state index >= 15 is 0 Å². The van der Waals surface area contributed by atoms with Gasteiger partial charge in [-0.2, -0.15) is 17.2 Å². The van der Waals surface area contributed by atoms with Crippen molar-refractivity contribution in [2.75, 3.05) is 0 Å². The zero-order valence-electron chi connectivity index (χ0n) is 16.5. The Balaban J connectivity index is 1.89. The lowest BCUT2D eigenvalue weighted by atomic mass is 9.71. The Morgan fingerprint density at radius 1 is 1.23 bits per heavy atom. The molecule has 0 radical (unpaired) electrons. The van der Waals surface area contributed by atoms with Gasteiger partial charge in [0.25, 0.3) is 0 Å². The molecule has 1 aliphatic carbocycles. The average Bonchev–Trinajstić information content (AvgIpc) is 2.90. The van der Waals surface area contributed by atoms with Crippen molar-refractivity contribution in [3.05, 3.63) is 0 Å². The summed E-state index contributed by atoms with van der Waals surface area (Å²) in [5, 5.41) is 5.58. The second kappa shape index (κ2) is 8.35. The van der Waals surface area contributed by atoms with Gasteiger partial charge in [-0.25, -0.2) is 0 Å². The molecule has 1 saturated carbocycles. The van der Waals surface area contributed by atoms with Gasteiger partial charge >= 0.3 is 33.3 Å². The summed E-state index contributed by atoms with van der Waals surface area (Å²) in [6.45, 7) is 3.64. The monoisotopic (exact) mass is 458 g/mol. The minimum absolute atomic E-state index is 0.165. The minimum Gasteiger partial charge on any atom is -0.458 e. The highest BCUT2D eigenvalue weighted by molar-refractivity contribution is 7.86. The van der Waals surface area contributed by atoms with Crippen LogP contribution >= 0.6 is 0 Å². The Morgan fingerprint density at radius 2 is 1.80 bits per heavy atom. The lowest BCUT2D eigenvalue weighted by Gasteiger charge is -2.37. The van der Waals surface area contributed by atoms with Crippen molar-refractivity contribution in [2.45, 2.75) is 75.6 Å². The predicted molar refractivity (Wildman–Crippen MR) is 93.6 cm³/mol. The van der Waals surface area contributed by atoms with Crippen molar-refractivity contribution in [3.63, 3.8) is 0 Å². The minimum atomic E-state index is -5.79. The van der Waals surface area contributed by atoms with Crippen LogP contribution in [0.1, 0.15) is 46.5 Å². The van der Waals surface area contributed by atoms with Gasteiger partial charge in [0.2, 0.25) is 0 Å². The van der Waals surface area contributed by atoms with Crippen LogP contribution in [0.15, 0.2) is 0 Å². The molecular formula is C17H24F2O10S. The van der Waals surface area contributed by atoms with Gasteiger partial charge in [0.15, 0.2) is 6.10 Å². The number of hydrogen-bond donors (Lipinski definition) is 2. The number of fused-ring (bicyclic) bond motifs is 2. The molecule has 2 rings (SSSR count). The number of rotatable bonds is 8. The van der Waals surface area contributed by atoms with E-state index in [0.717, 1.165) is 0 Å². The van der Waals surface area contributed by atoms with E-state index in [4.69, 9.17) is 14.0 Å². The number of carbonyl (C=O) groups excluding carboxylic acids is 3. The fourth-order valence-electron chi connectivity index (χ4n) is 3.62. The van der Waals surface area contributed by atoms with Crippen LogP contribution in [-0.2, 0) is 38.7 Å². The van der Waals surface area contributed by atoms with Crippen LogP contribution in [0.2, 0.25) is 0 Å². The maximum atomic E-state index is 13.4. The summed E-state index contributed by atoms with van der Waals surface area (Å²) in [6.07, 6.45) is -4.79. The molecule has 13 heteroatoms. The highest BCUT2D eigenvalue weighted by Gasteiger charge is 2.54. The molecule has 0 aromatic carbocycles. The molecular weight excluding hydrogens is 434 g/mol. The Kier molecular flexibility index (Phi) is 6.79. The number of halogens is 2. The Labute approximate surface area is 171 Å². The normalized spacial score (nSPS) is 27.9. The fraction of sp³-hybridized carbons (Fsp3) is 0.824. The van der Waals surface area contributed by atoms with Gasteiger partial charge in [0.1, 0.15) is 12.2 Å². The highest BCUT2D eigenvalue weighted by atomic mass is 32.2. The van der Waals surface area contributed by atoms with E-state index in [1.54, 1.807) is 0 Å². The molecule has 5 atom stereocenters. The molecule has 5 unspecified atom stereocenters. The van der Waals surface area contributed by atoms with Crippen LogP contribution in [0.3, 0.4) is 0 Å². The second-order valence-corrected chi connectivity index (χ2v) is 9.51. The van der Waals surface area contributed by atoms with E-state index in [1.165, 1.54) is 13.8 Å². The first-order valence-corrected chi connectivity index (χ1v) is 10.6. The van der Waals surface area contributed by atoms with Crippen LogP contribution in [0.25, 0.3) is 0 Å². The summed E-state index contributed by atoms with van der Waals surface area (Å²) in [4.78, 5) is 35.6. The zero-order chi connectivity index (χ0) is 23.1. The van der Waals surface area contributed by atoms with Crippen LogP contribution in [0, 0.1) is 11.8 Å². The van der Waals surface area contributed by atoms with Crippen molar-refractivity contribution in [3.8, 4) is 0 Å². The number of alkyl halides is 2. The number of carbonyl (C=O) groups is 3. The number of aliphatic hydroxyl groups is 1. The Hall–Kier alpha value is -1.86. The van der Waals surface area contributed by atoms with Gasteiger partial charge in [0, 0.05) is 12.3 Å². The third-order valence-electron chi connectivity index (χ3n) is 5.29. The van der Waals surface area contributed by atoms with Gasteiger partial charge in [-0.3, -0.25) is 18.9 Å². The highest BCUT2D eigenvalue weighted by Crippen LogP contribution is 2.44. The van der Waals surface area contributed by atoms with Crippen LogP contribution in [-0.4, -0.2) is 65.2 Å². The first kappa shape index (κ1) is 24.4. The SMILES string of the molecule is CC(OC(=O)CCC(=O)OC1CC(C(C)(C)O)C2CC1OC2=O)C(F)(F)S(=O)(=O)O. The molecule has 0 aromatic heterocycles. The van der Waals surface area contributed by atoms with E-state index in [1.807, 2.05) is 0 Å². The number of hydrogen-bond acceptors (Lipinski definition) is 9. The van der Waals surface area contributed by atoms with E-state index in [2.05, 4.69) is 4.74 Å². The van der Waals surface area contributed by atoms with Gasteiger partial charge in [0.05, 0.1) is 24.4 Å². The molecule has 1 saturated heterocycles. The van der Waals surface area contributed by atoms with Gasteiger partial charge < -0.3 is 19.3 Å². The smallest absolute Gasteiger partial charge is 0.405 e. The second-order valence-electron chi connectivity index (χ2n) is 8.01. The number of ether oxygens (including phenoxy) is 3. The summed E-state index contributed by atoms with van der Waals surface area (Å²) in [7, 11) is -5.79. The topological polar surface area (TPSA) is 154 Å². The summed E-state index contributed by atoms with van der Waals surface area (Å²) in [5.41, 5.74) is -1.22. The van der Waals surface area contributed by atoms with Gasteiger partial charge in [-0.1, -0.05) is 0 Å². The quantitative estimate of drug-likeness (QED) is 0.303. The Morgan fingerprint density at radius 3 is 2.33 bits per heavy atom. The van der Waals surface area contributed by atoms with Gasteiger partial charge in [-0.05, 0) is 27.2 Å². The van der Waals surface area contributed by atoms with Crippen molar-refractivity contribution in [2.24, 2.45) is 11.8 Å². The van der Waals surface area contributed by atoms with E-state index < -0.39 is 81.9 Å². The average molecular weight is 458 g/mol. The molecule has 0 amide bonds. The maximum Gasteiger partial charge on any atom is 0.405 e. The van der Waals surface area contributed by atoms with E-state index in [9.17, 15) is 36.7 Å². The molecule has 0 spiro atoms. The van der Waals surface area contributed by atoms with Crippen LogP contribution in [0.4, 0.5) is 8.78 Å². The van der Waals surface area contributed by atoms with E-state index in [0.29, 0.717) is 6.92 Å². The van der Waals surface area contributed by atoms with Gasteiger partial charge in [-0.15, -0.1) is 0 Å². The summed E-state index contributed by atoms with van der Waals surface area (Å²) in [5.74, 6) is -3.68. The zero-order valence-corrected chi connectivity index (χ0v) is 17.4. The van der Waals surface area contributed by atoms with Crippen molar-refractivity contribution in [1.29, 1.82) is 0 Å². The van der Waals surface area contributed by atoms with Crippen molar-refractivity contribution < 1.29 is 55.5 Å². The largest absolute Gasteiger partial charge is 0.458 e. The molecule has 2 N–H and O–H groups in total. The molecule has 10 nitrogen and oxygen atoms in total. The van der Waals surface area contributed by atoms with Crippen molar-refractivity contribution in [1.82, 2.24) is 0 Å². The molecule has 2 bridgehead atoms. The first-order chi connectivity index (χ1) is 13.5. The standard InChI is InChI=1S/C17H24F2O10S/c1-8(17(18,19)30(24,25)26)27-13(20)4-5-14(21)28-12-7-10(16(2,3)23)9-6-11(12)29-15(9)22/h8-12,23H,4-7H2,1-3H3,(H,24,25,26). The molecule has 30 heavy (non-hydrogen) atoms. The predicted octanol–water partition coefficient (Wildman–Crippen LogP) is 0.813. The Bertz CT molecular complexity index is 804. The van der Waals surface area contributed by atoms with Crippen molar-refractivity contribution >= 4 is 28.0 Å².